The maximum absolute atomic E-state index is 12.6. The minimum Gasteiger partial charge on any atom is -0.300 e. The summed E-state index contributed by atoms with van der Waals surface area (Å²) < 4.78 is 0. The molecular weight excluding hydrogens is 330 g/mol. The van der Waals surface area contributed by atoms with Crippen LogP contribution in [0.3, 0.4) is 0 Å². The third kappa shape index (κ3) is 4.73. The molecular formula is C20H21N3OS. The summed E-state index contributed by atoms with van der Waals surface area (Å²) in [6, 6.07) is 20.3. The topological polar surface area (TPSA) is 54.9 Å². The molecule has 0 fully saturated rings. The quantitative estimate of drug-likeness (QED) is 0.674. The fraction of sp³-hybridized carbons (Fsp3) is 0.250. The van der Waals surface area contributed by atoms with Gasteiger partial charge >= 0.3 is 0 Å². The number of hydrogen-bond acceptors (Lipinski definition) is 4. The van der Waals surface area contributed by atoms with Crippen molar-refractivity contribution in [2.75, 3.05) is 5.32 Å². The molecule has 0 aliphatic heterocycles. The summed E-state index contributed by atoms with van der Waals surface area (Å²) in [6.07, 6.45) is 2.29. The molecule has 0 unspecified atom stereocenters. The van der Waals surface area contributed by atoms with Gasteiger partial charge in [-0.1, -0.05) is 78.9 Å². The van der Waals surface area contributed by atoms with Crippen molar-refractivity contribution < 1.29 is 4.79 Å². The summed E-state index contributed by atoms with van der Waals surface area (Å²) >= 11 is 1.45. The molecule has 1 heterocycles. The number of carbonyl (C=O) groups excluding carboxylic acids is 1. The zero-order valence-corrected chi connectivity index (χ0v) is 15.0. The zero-order valence-electron chi connectivity index (χ0n) is 14.2. The molecule has 0 spiro atoms. The predicted molar refractivity (Wildman–Crippen MR) is 102 cm³/mol. The van der Waals surface area contributed by atoms with Crippen LogP contribution in [0.4, 0.5) is 5.13 Å². The molecule has 0 bridgehead atoms. The maximum Gasteiger partial charge on any atom is 0.227 e. The normalized spacial score (nSPS) is 10.8. The van der Waals surface area contributed by atoms with Crippen LogP contribution in [0.2, 0.25) is 0 Å². The molecule has 0 aliphatic rings. The first-order valence-electron chi connectivity index (χ1n) is 8.48. The smallest absolute Gasteiger partial charge is 0.227 e. The number of aryl methyl sites for hydroxylation is 1. The molecule has 1 amide bonds. The van der Waals surface area contributed by atoms with Gasteiger partial charge in [-0.05, 0) is 17.5 Å². The Morgan fingerprint density at radius 3 is 2.16 bits per heavy atom. The van der Waals surface area contributed by atoms with Gasteiger partial charge in [0.15, 0.2) is 0 Å². The van der Waals surface area contributed by atoms with Crippen molar-refractivity contribution >= 4 is 22.4 Å². The molecule has 4 nitrogen and oxygen atoms in total. The second kappa shape index (κ2) is 8.53. The summed E-state index contributed by atoms with van der Waals surface area (Å²) in [6.45, 7) is 2.10. The number of carbonyl (C=O) groups is 1. The van der Waals surface area contributed by atoms with Crippen molar-refractivity contribution in [3.05, 3.63) is 76.8 Å². The number of aromatic nitrogens is 2. The molecule has 0 saturated carbocycles. The Kier molecular flexibility index (Phi) is 5.90. The van der Waals surface area contributed by atoms with E-state index >= 15 is 0 Å². The molecule has 0 radical (unpaired) electrons. The average molecular weight is 351 g/mol. The number of anilines is 1. The van der Waals surface area contributed by atoms with Gasteiger partial charge in [0.25, 0.3) is 0 Å². The zero-order chi connectivity index (χ0) is 17.5. The van der Waals surface area contributed by atoms with Crippen LogP contribution < -0.4 is 5.32 Å². The Balaban J connectivity index is 1.74. The standard InChI is InChI=1S/C20H21N3OS/c1-2-9-19-22-23-20(25-19)21-18(24)14-17(15-10-5-3-6-11-15)16-12-7-4-8-13-16/h3-8,10-13,17H,2,9,14H2,1H3,(H,21,23,24). The highest BCUT2D eigenvalue weighted by Gasteiger charge is 2.19. The Morgan fingerprint density at radius 1 is 1.00 bits per heavy atom. The second-order valence-corrected chi connectivity index (χ2v) is 6.94. The summed E-state index contributed by atoms with van der Waals surface area (Å²) in [4.78, 5) is 12.6. The third-order valence-corrected chi connectivity index (χ3v) is 4.87. The van der Waals surface area contributed by atoms with Crippen molar-refractivity contribution in [1.82, 2.24) is 10.2 Å². The van der Waals surface area contributed by atoms with Gasteiger partial charge < -0.3 is 5.32 Å². The predicted octanol–water partition coefficient (Wildman–Crippen LogP) is 4.65. The first-order chi connectivity index (χ1) is 12.3. The van der Waals surface area contributed by atoms with Crippen LogP contribution in [0.25, 0.3) is 0 Å². The molecule has 128 valence electrons. The van der Waals surface area contributed by atoms with Crippen molar-refractivity contribution in [2.45, 2.75) is 32.1 Å². The van der Waals surface area contributed by atoms with E-state index in [0.717, 1.165) is 29.0 Å². The van der Waals surface area contributed by atoms with E-state index < -0.39 is 0 Å². The van der Waals surface area contributed by atoms with Crippen molar-refractivity contribution in [1.29, 1.82) is 0 Å². The summed E-state index contributed by atoms with van der Waals surface area (Å²) in [5.74, 6) is -0.0256. The SMILES string of the molecule is CCCc1nnc(NC(=O)CC(c2ccccc2)c2ccccc2)s1. The first kappa shape index (κ1) is 17.3. The van der Waals surface area contributed by atoms with E-state index in [2.05, 4.69) is 46.7 Å². The first-order valence-corrected chi connectivity index (χ1v) is 9.30. The highest BCUT2D eigenvalue weighted by Crippen LogP contribution is 2.28. The monoisotopic (exact) mass is 351 g/mol. The van der Waals surface area contributed by atoms with E-state index in [1.165, 1.54) is 11.3 Å². The van der Waals surface area contributed by atoms with E-state index in [1.54, 1.807) is 0 Å². The molecule has 3 rings (SSSR count). The number of amides is 1. The summed E-state index contributed by atoms with van der Waals surface area (Å²) in [7, 11) is 0. The minimum absolute atomic E-state index is 0.0189. The fourth-order valence-corrected chi connectivity index (χ4v) is 3.63. The van der Waals surface area contributed by atoms with Crippen LogP contribution >= 0.6 is 11.3 Å². The lowest BCUT2D eigenvalue weighted by Gasteiger charge is -2.17. The number of benzene rings is 2. The highest BCUT2D eigenvalue weighted by molar-refractivity contribution is 7.15. The van der Waals surface area contributed by atoms with Gasteiger partial charge in [0.05, 0.1) is 0 Å². The van der Waals surface area contributed by atoms with E-state index in [9.17, 15) is 4.79 Å². The lowest BCUT2D eigenvalue weighted by Crippen LogP contribution is -2.16. The summed E-state index contributed by atoms with van der Waals surface area (Å²) in [5.41, 5.74) is 2.26. The number of hydrogen-bond donors (Lipinski definition) is 1. The number of nitrogens with zero attached hydrogens (tertiary/aromatic N) is 2. The Hall–Kier alpha value is -2.53. The van der Waals surface area contributed by atoms with E-state index in [4.69, 9.17) is 0 Å². The van der Waals surface area contributed by atoms with Gasteiger partial charge in [0, 0.05) is 18.8 Å². The van der Waals surface area contributed by atoms with Crippen molar-refractivity contribution in [2.24, 2.45) is 0 Å². The van der Waals surface area contributed by atoms with Gasteiger partial charge in [-0.15, -0.1) is 10.2 Å². The lowest BCUT2D eigenvalue weighted by atomic mass is 9.88. The molecule has 2 aromatic carbocycles. The van der Waals surface area contributed by atoms with Crippen LogP contribution in [0.1, 0.15) is 41.8 Å². The number of nitrogens with one attached hydrogen (secondary N) is 1. The third-order valence-electron chi connectivity index (χ3n) is 3.97. The van der Waals surface area contributed by atoms with E-state index in [0.29, 0.717) is 11.6 Å². The van der Waals surface area contributed by atoms with Crippen LogP contribution in [0.5, 0.6) is 0 Å². The van der Waals surface area contributed by atoms with Crippen molar-refractivity contribution in [3.8, 4) is 0 Å². The van der Waals surface area contributed by atoms with Gasteiger partial charge in [-0.25, -0.2) is 0 Å². The maximum atomic E-state index is 12.6. The molecule has 25 heavy (non-hydrogen) atoms. The fourth-order valence-electron chi connectivity index (χ4n) is 2.77. The Morgan fingerprint density at radius 2 is 1.60 bits per heavy atom. The molecule has 0 atom stereocenters. The van der Waals surface area contributed by atoms with Crippen LogP contribution in [-0.2, 0) is 11.2 Å². The van der Waals surface area contributed by atoms with Crippen LogP contribution in [-0.4, -0.2) is 16.1 Å². The van der Waals surface area contributed by atoms with Gasteiger partial charge in [-0.3, -0.25) is 4.79 Å². The van der Waals surface area contributed by atoms with Crippen molar-refractivity contribution in [3.63, 3.8) is 0 Å². The van der Waals surface area contributed by atoms with Crippen LogP contribution in [0, 0.1) is 0 Å². The Labute approximate surface area is 151 Å². The lowest BCUT2D eigenvalue weighted by molar-refractivity contribution is -0.116. The van der Waals surface area contributed by atoms with Gasteiger partial charge in [-0.2, -0.15) is 0 Å². The largest absolute Gasteiger partial charge is 0.300 e. The molecule has 5 heteroatoms. The van der Waals surface area contributed by atoms with E-state index in [-0.39, 0.29) is 11.8 Å². The molecule has 3 aromatic rings. The molecule has 0 aliphatic carbocycles. The summed E-state index contributed by atoms with van der Waals surface area (Å²) in [5, 5.41) is 12.6. The molecule has 1 N–H and O–H groups in total. The Bertz CT molecular complexity index is 763. The number of rotatable bonds is 7. The van der Waals surface area contributed by atoms with E-state index in [1.807, 2.05) is 36.4 Å². The average Bonchev–Trinajstić information content (AvgIpc) is 3.08. The minimum atomic E-state index is -0.0445. The van der Waals surface area contributed by atoms with Crippen LogP contribution in [0.15, 0.2) is 60.7 Å². The molecule has 0 saturated heterocycles. The van der Waals surface area contributed by atoms with Gasteiger partial charge in [0.2, 0.25) is 11.0 Å². The molecule has 1 aromatic heterocycles. The second-order valence-electron chi connectivity index (χ2n) is 5.88. The highest BCUT2D eigenvalue weighted by atomic mass is 32.1. The van der Waals surface area contributed by atoms with Gasteiger partial charge in [0.1, 0.15) is 5.01 Å².